The van der Waals surface area contributed by atoms with Crippen molar-refractivity contribution in [2.24, 2.45) is 0 Å². The topological polar surface area (TPSA) is 104 Å². The van der Waals surface area contributed by atoms with Crippen LogP contribution in [0.2, 0.25) is 0 Å². The highest BCUT2D eigenvalue weighted by Crippen LogP contribution is 2.06. The summed E-state index contributed by atoms with van der Waals surface area (Å²) in [5, 5.41) is 20.7. The van der Waals surface area contributed by atoms with Gasteiger partial charge < -0.3 is 10.4 Å². The molecular formula is C11H9N5O2. The molecule has 0 fully saturated rings. The number of nitrogens with zero attached hydrogens (tertiary/aromatic N) is 3. The van der Waals surface area contributed by atoms with E-state index in [1.165, 1.54) is 12.4 Å². The molecule has 0 aliphatic heterocycles. The van der Waals surface area contributed by atoms with Gasteiger partial charge in [0, 0.05) is 11.8 Å². The summed E-state index contributed by atoms with van der Waals surface area (Å²) in [5.41, 5.74) is 0.818. The highest BCUT2D eigenvalue weighted by Gasteiger charge is 2.09. The van der Waals surface area contributed by atoms with E-state index >= 15 is 0 Å². The van der Waals surface area contributed by atoms with Crippen LogP contribution < -0.4 is 5.32 Å². The number of aromatic nitrogens is 4. The van der Waals surface area contributed by atoms with E-state index in [1.807, 2.05) is 0 Å². The summed E-state index contributed by atoms with van der Waals surface area (Å²) in [5.74, 6) is 5.17. The monoisotopic (exact) mass is 243 g/mol. The highest BCUT2D eigenvalue weighted by atomic mass is 16.2. The van der Waals surface area contributed by atoms with Gasteiger partial charge in [-0.3, -0.25) is 4.79 Å². The number of rotatable bonds is 2. The van der Waals surface area contributed by atoms with Gasteiger partial charge in [-0.2, -0.15) is 15.4 Å². The Hall–Kier alpha value is -2.72. The van der Waals surface area contributed by atoms with Crippen LogP contribution in [0.4, 0.5) is 5.82 Å². The Kier molecular flexibility index (Phi) is 3.63. The van der Waals surface area contributed by atoms with Crippen LogP contribution in [-0.2, 0) is 0 Å². The smallest absolute Gasteiger partial charge is 0.278 e. The Morgan fingerprint density at radius 3 is 3.17 bits per heavy atom. The molecule has 0 aliphatic rings. The van der Waals surface area contributed by atoms with Gasteiger partial charge in [0.2, 0.25) is 0 Å². The maximum absolute atomic E-state index is 11.7. The lowest BCUT2D eigenvalue weighted by molar-refractivity contribution is 0.102. The number of aromatic amines is 1. The Labute approximate surface area is 102 Å². The molecule has 7 nitrogen and oxygen atoms in total. The van der Waals surface area contributed by atoms with Gasteiger partial charge in [0.25, 0.3) is 5.91 Å². The molecule has 1 amide bonds. The predicted molar refractivity (Wildman–Crippen MR) is 62.5 cm³/mol. The van der Waals surface area contributed by atoms with Crippen molar-refractivity contribution in [1.82, 2.24) is 20.4 Å². The maximum atomic E-state index is 11.7. The molecular weight excluding hydrogens is 234 g/mol. The number of hydrogen-bond acceptors (Lipinski definition) is 5. The largest absolute Gasteiger partial charge is 0.384 e. The van der Waals surface area contributed by atoms with Crippen molar-refractivity contribution in [2.75, 3.05) is 11.9 Å². The van der Waals surface area contributed by atoms with Gasteiger partial charge in [-0.15, -0.1) is 0 Å². The summed E-state index contributed by atoms with van der Waals surface area (Å²) >= 11 is 0. The normalized spacial score (nSPS) is 9.39. The standard InChI is InChI=1S/C11H9N5O2/c17-5-1-2-8-3-4-12-10(6-8)14-11(18)9-7-13-16-15-9/h3-4,6-7,17H,5H2,(H,12,14,18)(H,13,15,16). The number of nitrogens with one attached hydrogen (secondary N) is 2. The molecule has 2 aromatic heterocycles. The molecule has 3 N–H and O–H groups in total. The number of anilines is 1. The Balaban J connectivity index is 2.12. The number of H-pyrrole nitrogens is 1. The molecule has 2 heterocycles. The molecule has 7 heteroatoms. The van der Waals surface area contributed by atoms with Crippen molar-refractivity contribution in [2.45, 2.75) is 0 Å². The zero-order chi connectivity index (χ0) is 12.8. The van der Waals surface area contributed by atoms with Crippen LogP contribution in [0.1, 0.15) is 16.1 Å². The minimum atomic E-state index is -0.413. The number of carbonyl (C=O) groups is 1. The van der Waals surface area contributed by atoms with E-state index in [4.69, 9.17) is 5.11 Å². The molecule has 2 rings (SSSR count). The Morgan fingerprint density at radius 2 is 2.44 bits per heavy atom. The summed E-state index contributed by atoms with van der Waals surface area (Å²) in [6.07, 6.45) is 2.82. The second-order valence-corrected chi connectivity index (χ2v) is 3.20. The first-order valence-corrected chi connectivity index (χ1v) is 5.02. The second kappa shape index (κ2) is 5.56. The molecule has 0 bridgehead atoms. The maximum Gasteiger partial charge on any atom is 0.278 e. The first kappa shape index (κ1) is 11.8. The average Bonchev–Trinajstić information content (AvgIpc) is 2.91. The highest BCUT2D eigenvalue weighted by molar-refractivity contribution is 6.02. The molecule has 0 aliphatic carbocycles. The molecule has 0 aromatic carbocycles. The third-order valence-electron chi connectivity index (χ3n) is 1.96. The van der Waals surface area contributed by atoms with Crippen LogP contribution in [0.3, 0.4) is 0 Å². The van der Waals surface area contributed by atoms with Gasteiger partial charge in [0.1, 0.15) is 12.4 Å². The van der Waals surface area contributed by atoms with E-state index in [1.54, 1.807) is 12.1 Å². The van der Waals surface area contributed by atoms with Gasteiger partial charge in [-0.05, 0) is 12.1 Å². The fraction of sp³-hybridized carbons (Fsp3) is 0.0909. The average molecular weight is 243 g/mol. The van der Waals surface area contributed by atoms with Crippen LogP contribution in [0.15, 0.2) is 24.5 Å². The zero-order valence-corrected chi connectivity index (χ0v) is 9.21. The van der Waals surface area contributed by atoms with Crippen molar-refractivity contribution >= 4 is 11.7 Å². The molecule has 0 spiro atoms. The first-order chi connectivity index (χ1) is 8.79. The van der Waals surface area contributed by atoms with E-state index < -0.39 is 5.91 Å². The van der Waals surface area contributed by atoms with E-state index in [2.05, 4.69) is 37.6 Å². The fourth-order valence-electron chi connectivity index (χ4n) is 1.21. The van der Waals surface area contributed by atoms with E-state index in [0.29, 0.717) is 11.4 Å². The van der Waals surface area contributed by atoms with Crippen LogP contribution in [0.25, 0.3) is 0 Å². The number of amides is 1. The third-order valence-corrected chi connectivity index (χ3v) is 1.96. The number of aliphatic hydroxyl groups is 1. The lowest BCUT2D eigenvalue weighted by Gasteiger charge is -2.01. The van der Waals surface area contributed by atoms with Gasteiger partial charge in [-0.25, -0.2) is 4.98 Å². The van der Waals surface area contributed by atoms with Crippen LogP contribution in [-0.4, -0.2) is 38.0 Å². The lowest BCUT2D eigenvalue weighted by Crippen LogP contribution is -2.13. The Morgan fingerprint density at radius 1 is 1.56 bits per heavy atom. The molecule has 0 atom stereocenters. The summed E-state index contributed by atoms with van der Waals surface area (Å²) < 4.78 is 0. The van der Waals surface area contributed by atoms with Gasteiger partial charge >= 0.3 is 0 Å². The van der Waals surface area contributed by atoms with Crippen molar-refractivity contribution < 1.29 is 9.90 Å². The lowest BCUT2D eigenvalue weighted by atomic mass is 10.2. The molecule has 0 saturated carbocycles. The first-order valence-electron chi connectivity index (χ1n) is 5.02. The van der Waals surface area contributed by atoms with E-state index in [0.717, 1.165) is 0 Å². The van der Waals surface area contributed by atoms with Gasteiger partial charge in [-0.1, -0.05) is 11.8 Å². The summed E-state index contributed by atoms with van der Waals surface area (Å²) in [7, 11) is 0. The molecule has 2 aromatic rings. The van der Waals surface area contributed by atoms with Crippen LogP contribution in [0, 0.1) is 11.8 Å². The number of hydrogen-bond donors (Lipinski definition) is 3. The van der Waals surface area contributed by atoms with E-state index in [9.17, 15) is 4.79 Å². The van der Waals surface area contributed by atoms with Gasteiger partial charge in [0.05, 0.1) is 6.20 Å². The number of carbonyl (C=O) groups excluding carboxylic acids is 1. The SMILES string of the molecule is O=C(Nc1cc(C#CCO)ccn1)c1cn[nH]n1. The van der Waals surface area contributed by atoms with Crippen molar-refractivity contribution in [3.8, 4) is 11.8 Å². The predicted octanol–water partition coefficient (Wildman–Crippen LogP) is -0.204. The van der Waals surface area contributed by atoms with Crippen molar-refractivity contribution in [1.29, 1.82) is 0 Å². The summed E-state index contributed by atoms with van der Waals surface area (Å²) in [4.78, 5) is 15.6. The number of pyridine rings is 1. The molecule has 0 unspecified atom stereocenters. The molecule has 90 valence electrons. The van der Waals surface area contributed by atoms with Crippen LogP contribution in [0.5, 0.6) is 0 Å². The minimum Gasteiger partial charge on any atom is -0.384 e. The van der Waals surface area contributed by atoms with Crippen molar-refractivity contribution in [3.63, 3.8) is 0 Å². The summed E-state index contributed by atoms with van der Waals surface area (Å²) in [6, 6.07) is 3.27. The zero-order valence-electron chi connectivity index (χ0n) is 9.21. The number of aliphatic hydroxyl groups excluding tert-OH is 1. The summed E-state index contributed by atoms with van der Waals surface area (Å²) in [6.45, 7) is -0.219. The third kappa shape index (κ3) is 2.90. The van der Waals surface area contributed by atoms with E-state index in [-0.39, 0.29) is 12.3 Å². The molecule has 18 heavy (non-hydrogen) atoms. The van der Waals surface area contributed by atoms with Gasteiger partial charge in [0.15, 0.2) is 5.69 Å². The molecule has 0 radical (unpaired) electrons. The fourth-order valence-corrected chi connectivity index (χ4v) is 1.21. The Bertz CT molecular complexity index is 597. The molecule has 0 saturated heterocycles. The second-order valence-electron chi connectivity index (χ2n) is 3.20. The minimum absolute atomic E-state index is 0.170. The quantitative estimate of drug-likeness (QED) is 0.633. The van der Waals surface area contributed by atoms with Crippen LogP contribution >= 0.6 is 0 Å². The van der Waals surface area contributed by atoms with Crippen molar-refractivity contribution in [3.05, 3.63) is 35.8 Å².